The third-order valence-corrected chi connectivity index (χ3v) is 4.27. The molecule has 1 fully saturated rings. The molecule has 0 radical (unpaired) electrons. The van der Waals surface area contributed by atoms with E-state index in [1.165, 1.54) is 0 Å². The smallest absolute Gasteiger partial charge is 0.243 e. The molecule has 24 heavy (non-hydrogen) atoms. The highest BCUT2D eigenvalue weighted by molar-refractivity contribution is 5.87. The zero-order valence-corrected chi connectivity index (χ0v) is 14.7. The maximum Gasteiger partial charge on any atom is 0.243 e. The first kappa shape index (κ1) is 18.3. The van der Waals surface area contributed by atoms with Crippen LogP contribution in [0.2, 0.25) is 0 Å². The number of amides is 2. The van der Waals surface area contributed by atoms with Crippen molar-refractivity contribution in [3.8, 4) is 5.75 Å². The van der Waals surface area contributed by atoms with Crippen molar-refractivity contribution in [2.75, 3.05) is 13.2 Å². The number of hydrogen-bond acceptors (Lipinski definition) is 3. The maximum atomic E-state index is 12.6. The predicted molar refractivity (Wildman–Crippen MR) is 93.7 cm³/mol. The topological polar surface area (TPSA) is 58.6 Å². The fourth-order valence-corrected chi connectivity index (χ4v) is 3.08. The fourth-order valence-electron chi connectivity index (χ4n) is 3.08. The maximum absolute atomic E-state index is 12.6. The van der Waals surface area contributed by atoms with Crippen LogP contribution in [0, 0.1) is 0 Å². The quantitative estimate of drug-likeness (QED) is 0.835. The van der Waals surface area contributed by atoms with E-state index in [1.54, 1.807) is 4.90 Å². The Bertz CT molecular complexity index is 559. The van der Waals surface area contributed by atoms with Gasteiger partial charge in [0.2, 0.25) is 11.8 Å². The summed E-state index contributed by atoms with van der Waals surface area (Å²) in [7, 11) is 0. The highest BCUT2D eigenvalue weighted by atomic mass is 16.5. The number of rotatable bonds is 7. The average Bonchev–Trinajstić information content (AvgIpc) is 2.60. The van der Waals surface area contributed by atoms with Crippen LogP contribution in [0.3, 0.4) is 0 Å². The molecule has 5 nitrogen and oxygen atoms in total. The molecule has 1 aromatic rings. The van der Waals surface area contributed by atoms with Gasteiger partial charge in [0.1, 0.15) is 11.8 Å². The molecular weight excluding hydrogens is 304 g/mol. The van der Waals surface area contributed by atoms with E-state index in [-0.39, 0.29) is 17.9 Å². The molecule has 0 bridgehead atoms. The van der Waals surface area contributed by atoms with E-state index in [1.807, 2.05) is 38.1 Å². The SMILES string of the molecule is CCCC(=O)N1CCCC[C@@H]1C(=O)NCc1cccc(OCC)c1. The summed E-state index contributed by atoms with van der Waals surface area (Å²) in [5, 5.41) is 2.98. The summed E-state index contributed by atoms with van der Waals surface area (Å²) in [6.45, 7) is 5.69. The number of likely N-dealkylation sites (tertiary alicyclic amines) is 1. The van der Waals surface area contributed by atoms with E-state index < -0.39 is 0 Å². The van der Waals surface area contributed by atoms with Crippen LogP contribution in [0.25, 0.3) is 0 Å². The molecule has 1 aromatic carbocycles. The molecule has 1 heterocycles. The molecule has 1 aliphatic rings. The summed E-state index contributed by atoms with van der Waals surface area (Å²) in [5.41, 5.74) is 0.997. The first-order chi connectivity index (χ1) is 11.7. The number of carbonyl (C=O) groups is 2. The number of hydrogen-bond donors (Lipinski definition) is 1. The van der Waals surface area contributed by atoms with Crippen molar-refractivity contribution in [1.82, 2.24) is 10.2 Å². The Kier molecular flexibility index (Phi) is 7.09. The largest absolute Gasteiger partial charge is 0.494 e. The summed E-state index contributed by atoms with van der Waals surface area (Å²) < 4.78 is 5.48. The predicted octanol–water partition coefficient (Wildman–Crippen LogP) is 2.88. The average molecular weight is 332 g/mol. The Morgan fingerprint density at radius 2 is 2.12 bits per heavy atom. The van der Waals surface area contributed by atoms with Crippen LogP contribution >= 0.6 is 0 Å². The summed E-state index contributed by atoms with van der Waals surface area (Å²) in [6, 6.07) is 7.40. The lowest BCUT2D eigenvalue weighted by molar-refractivity contribution is -0.142. The number of nitrogens with one attached hydrogen (secondary N) is 1. The number of carbonyl (C=O) groups excluding carboxylic acids is 2. The second kappa shape index (κ2) is 9.30. The molecule has 0 aromatic heterocycles. The van der Waals surface area contributed by atoms with Crippen LogP contribution in [0.15, 0.2) is 24.3 Å². The van der Waals surface area contributed by atoms with Crippen molar-refractivity contribution in [2.24, 2.45) is 0 Å². The summed E-state index contributed by atoms with van der Waals surface area (Å²) >= 11 is 0. The molecule has 0 saturated carbocycles. The van der Waals surface area contributed by atoms with E-state index in [9.17, 15) is 9.59 Å². The minimum atomic E-state index is -0.326. The van der Waals surface area contributed by atoms with Gasteiger partial charge in [0.05, 0.1) is 6.61 Å². The van der Waals surface area contributed by atoms with Gasteiger partial charge in [-0.15, -0.1) is 0 Å². The van der Waals surface area contributed by atoms with Crippen molar-refractivity contribution in [3.05, 3.63) is 29.8 Å². The van der Waals surface area contributed by atoms with Gasteiger partial charge < -0.3 is 15.0 Å². The van der Waals surface area contributed by atoms with E-state index >= 15 is 0 Å². The Hall–Kier alpha value is -2.04. The number of benzene rings is 1. The van der Waals surface area contributed by atoms with Gasteiger partial charge >= 0.3 is 0 Å². The Balaban J connectivity index is 1.94. The molecule has 1 N–H and O–H groups in total. The summed E-state index contributed by atoms with van der Waals surface area (Å²) in [4.78, 5) is 26.6. The summed E-state index contributed by atoms with van der Waals surface area (Å²) in [6.07, 6.45) is 4.05. The van der Waals surface area contributed by atoms with Gasteiger partial charge in [-0.1, -0.05) is 19.1 Å². The molecule has 2 amide bonds. The molecular formula is C19H28N2O3. The Morgan fingerprint density at radius 1 is 1.29 bits per heavy atom. The normalized spacial score (nSPS) is 17.4. The highest BCUT2D eigenvalue weighted by Gasteiger charge is 2.31. The molecule has 1 saturated heterocycles. The summed E-state index contributed by atoms with van der Waals surface area (Å²) in [5.74, 6) is 0.846. The lowest BCUT2D eigenvalue weighted by Crippen LogP contribution is -2.51. The van der Waals surface area contributed by atoms with Crippen LogP contribution in [-0.4, -0.2) is 35.9 Å². The standard InChI is InChI=1S/C19H28N2O3/c1-3-8-18(22)21-12-6-5-11-17(21)19(23)20-14-15-9-7-10-16(13-15)24-4-2/h7,9-10,13,17H,3-6,8,11-12,14H2,1-2H3,(H,20,23)/t17-/m1/s1. The van der Waals surface area contributed by atoms with Crippen molar-refractivity contribution < 1.29 is 14.3 Å². The van der Waals surface area contributed by atoms with E-state index in [0.29, 0.717) is 26.1 Å². The third kappa shape index (κ3) is 4.98. The monoisotopic (exact) mass is 332 g/mol. The van der Waals surface area contributed by atoms with Gasteiger partial charge in [-0.25, -0.2) is 0 Å². The zero-order valence-electron chi connectivity index (χ0n) is 14.7. The van der Waals surface area contributed by atoms with Crippen LogP contribution in [-0.2, 0) is 16.1 Å². The first-order valence-electron chi connectivity index (χ1n) is 8.94. The molecule has 0 spiro atoms. The van der Waals surface area contributed by atoms with E-state index in [0.717, 1.165) is 37.0 Å². The highest BCUT2D eigenvalue weighted by Crippen LogP contribution is 2.19. The van der Waals surface area contributed by atoms with Gasteiger partial charge in [0.25, 0.3) is 0 Å². The van der Waals surface area contributed by atoms with Gasteiger partial charge in [-0.2, -0.15) is 0 Å². The number of ether oxygens (including phenoxy) is 1. The van der Waals surface area contributed by atoms with Crippen molar-refractivity contribution in [2.45, 2.75) is 58.5 Å². The van der Waals surface area contributed by atoms with Gasteiger partial charge in [0.15, 0.2) is 0 Å². The zero-order chi connectivity index (χ0) is 17.4. The van der Waals surface area contributed by atoms with Gasteiger partial charge in [-0.3, -0.25) is 9.59 Å². The number of piperidine rings is 1. The van der Waals surface area contributed by atoms with Crippen LogP contribution in [0.1, 0.15) is 51.5 Å². The van der Waals surface area contributed by atoms with Crippen molar-refractivity contribution >= 4 is 11.8 Å². The van der Waals surface area contributed by atoms with Gasteiger partial charge in [-0.05, 0) is 50.3 Å². The molecule has 1 aliphatic heterocycles. The lowest BCUT2D eigenvalue weighted by atomic mass is 10.0. The Morgan fingerprint density at radius 3 is 2.88 bits per heavy atom. The number of nitrogens with zero attached hydrogens (tertiary/aromatic N) is 1. The van der Waals surface area contributed by atoms with E-state index in [4.69, 9.17) is 4.74 Å². The van der Waals surface area contributed by atoms with Crippen LogP contribution in [0.5, 0.6) is 5.75 Å². The Labute approximate surface area is 144 Å². The minimum Gasteiger partial charge on any atom is -0.494 e. The molecule has 5 heteroatoms. The molecule has 0 unspecified atom stereocenters. The first-order valence-corrected chi connectivity index (χ1v) is 8.94. The minimum absolute atomic E-state index is 0.0547. The van der Waals surface area contributed by atoms with Crippen molar-refractivity contribution in [3.63, 3.8) is 0 Å². The molecule has 0 aliphatic carbocycles. The second-order valence-electron chi connectivity index (χ2n) is 6.15. The van der Waals surface area contributed by atoms with Gasteiger partial charge in [0, 0.05) is 19.5 Å². The molecule has 1 atom stereocenters. The molecule has 132 valence electrons. The fraction of sp³-hybridized carbons (Fsp3) is 0.579. The van der Waals surface area contributed by atoms with Crippen molar-refractivity contribution in [1.29, 1.82) is 0 Å². The second-order valence-corrected chi connectivity index (χ2v) is 6.15. The van der Waals surface area contributed by atoms with Crippen LogP contribution < -0.4 is 10.1 Å². The van der Waals surface area contributed by atoms with E-state index in [2.05, 4.69) is 5.32 Å². The van der Waals surface area contributed by atoms with Crippen LogP contribution in [0.4, 0.5) is 0 Å². The third-order valence-electron chi connectivity index (χ3n) is 4.27. The lowest BCUT2D eigenvalue weighted by Gasteiger charge is -2.34. The molecule has 2 rings (SSSR count).